The molecule has 6 heteroatoms. The van der Waals surface area contributed by atoms with Crippen LogP contribution in [0.15, 0.2) is 36.4 Å². The number of hydrogen-bond donors (Lipinski definition) is 0. The molecule has 0 fully saturated rings. The van der Waals surface area contributed by atoms with Crippen molar-refractivity contribution in [1.29, 1.82) is 0 Å². The van der Waals surface area contributed by atoms with Gasteiger partial charge in [0.25, 0.3) is 0 Å². The van der Waals surface area contributed by atoms with Crippen molar-refractivity contribution in [3.05, 3.63) is 59.2 Å². The first kappa shape index (κ1) is 19.1. The van der Waals surface area contributed by atoms with Gasteiger partial charge in [-0.05, 0) is 49.1 Å². The quantitative estimate of drug-likeness (QED) is 0.772. The molecule has 0 aromatic heterocycles. The van der Waals surface area contributed by atoms with Crippen molar-refractivity contribution in [2.75, 3.05) is 31.6 Å². The molecule has 3 rings (SSSR count). The average molecular weight is 374 g/mol. The van der Waals surface area contributed by atoms with E-state index >= 15 is 0 Å². The summed E-state index contributed by atoms with van der Waals surface area (Å²) in [5.74, 6) is -0.498. The molecule has 0 spiro atoms. The molecule has 1 aliphatic rings. The number of aryl methyl sites for hydroxylation is 1. The Morgan fingerprint density at radius 1 is 1.22 bits per heavy atom. The van der Waals surface area contributed by atoms with Crippen LogP contribution in [0.5, 0.6) is 5.75 Å². The predicted molar refractivity (Wildman–Crippen MR) is 101 cm³/mol. The number of fused-ring (bicyclic) bond motifs is 1. The van der Waals surface area contributed by atoms with Gasteiger partial charge in [-0.25, -0.2) is 8.78 Å². The standard InChI is InChI=1S/C21H24F2N2O2/c1-3-27-18-8-6-15(7-9-18)13-24(2)20(26)14-25-10-4-5-16-11-17(22)12-19(23)21(16)25/h6-9,11-12H,3-5,10,13-14H2,1-2H3. The van der Waals surface area contributed by atoms with Gasteiger partial charge in [0.2, 0.25) is 5.91 Å². The van der Waals surface area contributed by atoms with Gasteiger partial charge in [0, 0.05) is 26.2 Å². The number of rotatable bonds is 6. The van der Waals surface area contributed by atoms with Crippen LogP contribution in [-0.2, 0) is 17.8 Å². The molecule has 0 saturated carbocycles. The molecule has 1 amide bonds. The highest BCUT2D eigenvalue weighted by molar-refractivity contribution is 5.82. The van der Waals surface area contributed by atoms with E-state index in [0.29, 0.717) is 37.4 Å². The van der Waals surface area contributed by atoms with Crippen LogP contribution in [0.3, 0.4) is 0 Å². The molecular formula is C21H24F2N2O2. The van der Waals surface area contributed by atoms with Gasteiger partial charge in [-0.15, -0.1) is 0 Å². The molecule has 1 heterocycles. The smallest absolute Gasteiger partial charge is 0.242 e. The van der Waals surface area contributed by atoms with E-state index in [9.17, 15) is 13.6 Å². The van der Waals surface area contributed by atoms with E-state index in [0.717, 1.165) is 23.8 Å². The van der Waals surface area contributed by atoms with Crippen molar-refractivity contribution in [3.63, 3.8) is 0 Å². The molecule has 0 saturated heterocycles. The molecule has 0 N–H and O–H groups in total. The predicted octanol–water partition coefficient (Wildman–Crippen LogP) is 3.77. The fourth-order valence-electron chi connectivity index (χ4n) is 3.40. The first-order chi connectivity index (χ1) is 13.0. The van der Waals surface area contributed by atoms with Crippen molar-refractivity contribution in [2.45, 2.75) is 26.3 Å². The Morgan fingerprint density at radius 3 is 2.67 bits per heavy atom. The Labute approximate surface area is 158 Å². The summed E-state index contributed by atoms with van der Waals surface area (Å²) in [5.41, 5.74) is 1.97. The highest BCUT2D eigenvalue weighted by Gasteiger charge is 2.24. The zero-order chi connectivity index (χ0) is 19.4. The lowest BCUT2D eigenvalue weighted by molar-refractivity contribution is -0.129. The van der Waals surface area contributed by atoms with E-state index in [1.165, 1.54) is 6.07 Å². The summed E-state index contributed by atoms with van der Waals surface area (Å²) < 4.78 is 33.1. The summed E-state index contributed by atoms with van der Waals surface area (Å²) in [6.07, 6.45) is 1.39. The first-order valence-electron chi connectivity index (χ1n) is 9.16. The minimum absolute atomic E-state index is 0.0725. The normalized spacial score (nSPS) is 13.3. The highest BCUT2D eigenvalue weighted by atomic mass is 19.1. The van der Waals surface area contributed by atoms with Crippen LogP contribution in [0.2, 0.25) is 0 Å². The molecule has 0 aliphatic carbocycles. The van der Waals surface area contributed by atoms with Crippen molar-refractivity contribution >= 4 is 11.6 Å². The lowest BCUT2D eigenvalue weighted by Crippen LogP contribution is -2.41. The number of anilines is 1. The maximum Gasteiger partial charge on any atom is 0.242 e. The molecular weight excluding hydrogens is 350 g/mol. The summed E-state index contributed by atoms with van der Waals surface area (Å²) >= 11 is 0. The van der Waals surface area contributed by atoms with Crippen LogP contribution >= 0.6 is 0 Å². The van der Waals surface area contributed by atoms with E-state index < -0.39 is 11.6 Å². The van der Waals surface area contributed by atoms with E-state index in [4.69, 9.17) is 4.74 Å². The van der Waals surface area contributed by atoms with Gasteiger partial charge in [0.05, 0.1) is 18.8 Å². The van der Waals surface area contributed by atoms with Crippen LogP contribution in [0.4, 0.5) is 14.5 Å². The molecule has 0 unspecified atom stereocenters. The third-order valence-corrected chi connectivity index (χ3v) is 4.70. The minimum atomic E-state index is -0.605. The minimum Gasteiger partial charge on any atom is -0.494 e. The third kappa shape index (κ3) is 4.56. The number of carbonyl (C=O) groups is 1. The van der Waals surface area contributed by atoms with Crippen molar-refractivity contribution < 1.29 is 18.3 Å². The van der Waals surface area contributed by atoms with Gasteiger partial charge < -0.3 is 14.5 Å². The Morgan fingerprint density at radius 2 is 1.96 bits per heavy atom. The summed E-state index contributed by atoms with van der Waals surface area (Å²) in [5, 5.41) is 0. The summed E-state index contributed by atoms with van der Waals surface area (Å²) in [7, 11) is 1.73. The molecule has 1 aliphatic heterocycles. The molecule has 0 radical (unpaired) electrons. The largest absolute Gasteiger partial charge is 0.494 e. The van der Waals surface area contributed by atoms with Crippen molar-refractivity contribution in [1.82, 2.24) is 4.90 Å². The fraction of sp³-hybridized carbons (Fsp3) is 0.381. The van der Waals surface area contributed by atoms with Gasteiger partial charge in [0.15, 0.2) is 0 Å². The summed E-state index contributed by atoms with van der Waals surface area (Å²) in [4.78, 5) is 16.0. The molecule has 0 atom stereocenters. The number of carbonyl (C=O) groups excluding carboxylic acids is 1. The monoisotopic (exact) mass is 374 g/mol. The number of hydrogen-bond acceptors (Lipinski definition) is 3. The van der Waals surface area contributed by atoms with Gasteiger partial charge >= 0.3 is 0 Å². The lowest BCUT2D eigenvalue weighted by Gasteiger charge is -2.32. The van der Waals surface area contributed by atoms with E-state index in [-0.39, 0.29) is 12.5 Å². The number of ether oxygens (including phenoxy) is 1. The maximum absolute atomic E-state index is 14.3. The van der Waals surface area contributed by atoms with E-state index in [1.807, 2.05) is 31.2 Å². The number of halogens is 2. The molecule has 0 bridgehead atoms. The SMILES string of the molecule is CCOc1ccc(CN(C)C(=O)CN2CCCc3cc(F)cc(F)c32)cc1. The molecule has 2 aromatic rings. The molecule has 2 aromatic carbocycles. The van der Waals surface area contributed by atoms with E-state index in [2.05, 4.69) is 0 Å². The number of amides is 1. The van der Waals surface area contributed by atoms with Crippen molar-refractivity contribution in [2.24, 2.45) is 0 Å². The molecule has 4 nitrogen and oxygen atoms in total. The van der Waals surface area contributed by atoms with Crippen LogP contribution in [0.25, 0.3) is 0 Å². The van der Waals surface area contributed by atoms with Crippen LogP contribution in [0.1, 0.15) is 24.5 Å². The van der Waals surface area contributed by atoms with Crippen LogP contribution in [-0.4, -0.2) is 37.6 Å². The molecule has 27 heavy (non-hydrogen) atoms. The first-order valence-corrected chi connectivity index (χ1v) is 9.16. The topological polar surface area (TPSA) is 32.8 Å². The van der Waals surface area contributed by atoms with Gasteiger partial charge in [-0.2, -0.15) is 0 Å². The summed E-state index contributed by atoms with van der Waals surface area (Å²) in [6, 6.07) is 9.84. The summed E-state index contributed by atoms with van der Waals surface area (Å²) in [6.45, 7) is 3.64. The number of nitrogens with zero attached hydrogens (tertiary/aromatic N) is 2. The number of likely N-dealkylation sites (N-methyl/N-ethyl adjacent to an activating group) is 1. The maximum atomic E-state index is 14.3. The molecule has 144 valence electrons. The third-order valence-electron chi connectivity index (χ3n) is 4.70. The number of benzene rings is 2. The Kier molecular flexibility index (Phi) is 5.94. The van der Waals surface area contributed by atoms with Gasteiger partial charge in [-0.3, -0.25) is 4.79 Å². The van der Waals surface area contributed by atoms with Crippen LogP contribution < -0.4 is 9.64 Å². The fourth-order valence-corrected chi connectivity index (χ4v) is 3.40. The Hall–Kier alpha value is -2.63. The highest BCUT2D eigenvalue weighted by Crippen LogP contribution is 2.31. The second-order valence-corrected chi connectivity index (χ2v) is 6.75. The second-order valence-electron chi connectivity index (χ2n) is 6.75. The lowest BCUT2D eigenvalue weighted by atomic mass is 10.0. The van der Waals surface area contributed by atoms with Gasteiger partial charge in [-0.1, -0.05) is 12.1 Å². The Bertz CT molecular complexity index is 809. The van der Waals surface area contributed by atoms with Crippen molar-refractivity contribution in [3.8, 4) is 5.75 Å². The zero-order valence-corrected chi connectivity index (χ0v) is 15.7. The second kappa shape index (κ2) is 8.37. The Balaban J connectivity index is 1.65. The van der Waals surface area contributed by atoms with Gasteiger partial charge in [0.1, 0.15) is 17.4 Å². The zero-order valence-electron chi connectivity index (χ0n) is 15.7. The van der Waals surface area contributed by atoms with Crippen LogP contribution in [0, 0.1) is 11.6 Å². The average Bonchev–Trinajstić information content (AvgIpc) is 2.63. The van der Waals surface area contributed by atoms with E-state index in [1.54, 1.807) is 16.8 Å².